The van der Waals surface area contributed by atoms with Gasteiger partial charge in [-0.3, -0.25) is 4.79 Å². The minimum atomic E-state index is -0.0421. The Balaban J connectivity index is 1.20. The van der Waals surface area contributed by atoms with Crippen LogP contribution >= 0.6 is 11.8 Å². The number of aryl methyl sites for hydroxylation is 1. The maximum absolute atomic E-state index is 12.4. The molecule has 2 aromatic carbocycles. The molecule has 0 unspecified atom stereocenters. The van der Waals surface area contributed by atoms with Crippen molar-refractivity contribution in [3.8, 4) is 23.0 Å². The van der Waals surface area contributed by atoms with E-state index in [1.807, 2.05) is 24.3 Å². The summed E-state index contributed by atoms with van der Waals surface area (Å²) in [6.45, 7) is 0.213. The van der Waals surface area contributed by atoms with Crippen molar-refractivity contribution in [2.75, 3.05) is 12.5 Å². The highest BCUT2D eigenvalue weighted by Gasteiger charge is 2.22. The zero-order chi connectivity index (χ0) is 19.6. The molecule has 2 heterocycles. The van der Waals surface area contributed by atoms with Crippen LogP contribution < -0.4 is 14.8 Å². The number of amides is 1. The number of carbonyl (C=O) groups excluding carboxylic acids is 1. The van der Waals surface area contributed by atoms with E-state index in [2.05, 4.69) is 27.6 Å². The molecule has 5 rings (SSSR count). The van der Waals surface area contributed by atoms with E-state index in [1.54, 1.807) is 6.07 Å². The zero-order valence-corrected chi connectivity index (χ0v) is 16.4. The molecule has 148 valence electrons. The average Bonchev–Trinajstić information content (AvgIpc) is 3.41. The van der Waals surface area contributed by atoms with Gasteiger partial charge in [0.15, 0.2) is 11.5 Å². The Morgan fingerprint density at radius 2 is 2.03 bits per heavy atom. The average molecular weight is 409 g/mol. The van der Waals surface area contributed by atoms with E-state index in [4.69, 9.17) is 13.9 Å². The molecule has 7 nitrogen and oxygen atoms in total. The van der Waals surface area contributed by atoms with Gasteiger partial charge in [-0.25, -0.2) is 0 Å². The van der Waals surface area contributed by atoms with Crippen molar-refractivity contribution < 1.29 is 18.7 Å². The molecule has 0 saturated carbocycles. The summed E-state index contributed by atoms with van der Waals surface area (Å²) < 4.78 is 16.4. The Hall–Kier alpha value is -3.00. The molecule has 0 spiro atoms. The Labute approximate surface area is 171 Å². The Morgan fingerprint density at radius 1 is 1.14 bits per heavy atom. The molecule has 1 aliphatic carbocycles. The van der Waals surface area contributed by atoms with Gasteiger partial charge in [0.2, 0.25) is 18.6 Å². The standard InChI is InChI=1S/C21H19N3O4S/c25-19(22-16-7-3-5-13-4-1-2-6-15(13)16)11-29-21-24-23-20(28-21)14-8-9-17-18(10-14)27-12-26-17/h1-2,4,6,8-10,16H,3,5,7,11-12H2,(H,22,25)/t16-/m1/s1. The maximum atomic E-state index is 12.4. The second kappa shape index (κ2) is 7.79. The highest BCUT2D eigenvalue weighted by atomic mass is 32.2. The molecule has 1 aliphatic heterocycles. The van der Waals surface area contributed by atoms with Gasteiger partial charge >= 0.3 is 0 Å². The molecular weight excluding hydrogens is 390 g/mol. The van der Waals surface area contributed by atoms with Gasteiger partial charge in [0.25, 0.3) is 5.22 Å². The zero-order valence-electron chi connectivity index (χ0n) is 15.6. The highest BCUT2D eigenvalue weighted by molar-refractivity contribution is 7.99. The molecule has 1 aromatic heterocycles. The van der Waals surface area contributed by atoms with Gasteiger partial charge in [-0.1, -0.05) is 36.0 Å². The molecule has 2 aliphatic rings. The second-order valence-electron chi connectivity index (χ2n) is 6.94. The van der Waals surface area contributed by atoms with E-state index in [-0.39, 0.29) is 24.5 Å². The third-order valence-corrected chi connectivity index (χ3v) is 5.88. The number of nitrogens with zero attached hydrogens (tertiary/aromatic N) is 2. The summed E-state index contributed by atoms with van der Waals surface area (Å²) in [7, 11) is 0. The Kier molecular flexibility index (Phi) is 4.85. The maximum Gasteiger partial charge on any atom is 0.277 e. The van der Waals surface area contributed by atoms with Crippen LogP contribution in [0.4, 0.5) is 0 Å². The molecule has 0 radical (unpaired) electrons. The minimum Gasteiger partial charge on any atom is -0.454 e. The fourth-order valence-corrected chi connectivity index (χ4v) is 4.26. The van der Waals surface area contributed by atoms with E-state index < -0.39 is 0 Å². The second-order valence-corrected chi connectivity index (χ2v) is 7.87. The number of carbonyl (C=O) groups is 1. The van der Waals surface area contributed by atoms with Crippen LogP contribution in [-0.2, 0) is 11.2 Å². The van der Waals surface area contributed by atoms with E-state index in [0.717, 1.165) is 24.8 Å². The predicted molar refractivity (Wildman–Crippen MR) is 107 cm³/mol. The quantitative estimate of drug-likeness (QED) is 0.642. The van der Waals surface area contributed by atoms with Crippen molar-refractivity contribution in [2.24, 2.45) is 0 Å². The fourth-order valence-electron chi connectivity index (χ4n) is 3.68. The van der Waals surface area contributed by atoms with Gasteiger partial charge in [-0.05, 0) is 48.6 Å². The SMILES string of the molecule is O=C(CSc1nnc(-c2ccc3c(c2)OCO3)o1)N[C@@H]1CCCc2ccccc21. The van der Waals surface area contributed by atoms with Crippen molar-refractivity contribution in [1.29, 1.82) is 0 Å². The molecule has 8 heteroatoms. The molecule has 0 fully saturated rings. The first-order valence-corrected chi connectivity index (χ1v) is 10.5. The van der Waals surface area contributed by atoms with Gasteiger partial charge in [0, 0.05) is 5.56 Å². The van der Waals surface area contributed by atoms with Crippen LogP contribution in [0, 0.1) is 0 Å². The van der Waals surface area contributed by atoms with Gasteiger partial charge in [-0.2, -0.15) is 0 Å². The first kappa shape index (κ1) is 18.1. The monoisotopic (exact) mass is 409 g/mol. The third-order valence-electron chi connectivity index (χ3n) is 5.06. The molecule has 1 amide bonds. The summed E-state index contributed by atoms with van der Waals surface area (Å²) in [5.41, 5.74) is 3.29. The number of ether oxygens (including phenoxy) is 2. The molecular formula is C21H19N3O4S. The summed E-state index contributed by atoms with van der Waals surface area (Å²) in [4.78, 5) is 12.4. The Morgan fingerprint density at radius 3 is 3.00 bits per heavy atom. The first-order valence-electron chi connectivity index (χ1n) is 9.50. The van der Waals surface area contributed by atoms with Gasteiger partial charge < -0.3 is 19.2 Å². The number of benzene rings is 2. The number of nitrogens with one attached hydrogen (secondary N) is 1. The van der Waals surface area contributed by atoms with Crippen molar-refractivity contribution in [2.45, 2.75) is 30.5 Å². The van der Waals surface area contributed by atoms with Gasteiger partial charge in [-0.15, -0.1) is 10.2 Å². The summed E-state index contributed by atoms with van der Waals surface area (Å²) in [5, 5.41) is 11.6. The van der Waals surface area contributed by atoms with Crippen molar-refractivity contribution >= 4 is 17.7 Å². The summed E-state index contributed by atoms with van der Waals surface area (Å²) >= 11 is 1.23. The minimum absolute atomic E-state index is 0.0421. The number of hydrogen-bond acceptors (Lipinski definition) is 7. The highest BCUT2D eigenvalue weighted by Crippen LogP contribution is 2.36. The number of aromatic nitrogens is 2. The van der Waals surface area contributed by atoms with Crippen LogP contribution in [0.2, 0.25) is 0 Å². The fraction of sp³-hybridized carbons (Fsp3) is 0.286. The van der Waals surface area contributed by atoms with Gasteiger partial charge in [0.05, 0.1) is 11.8 Å². The smallest absolute Gasteiger partial charge is 0.277 e. The van der Waals surface area contributed by atoms with E-state index >= 15 is 0 Å². The molecule has 1 atom stereocenters. The van der Waals surface area contributed by atoms with Gasteiger partial charge in [0.1, 0.15) is 0 Å². The van der Waals surface area contributed by atoms with Crippen LogP contribution in [0.5, 0.6) is 11.5 Å². The third kappa shape index (κ3) is 3.80. The molecule has 29 heavy (non-hydrogen) atoms. The van der Waals surface area contributed by atoms with Crippen molar-refractivity contribution in [3.05, 3.63) is 53.6 Å². The number of thioether (sulfide) groups is 1. The van der Waals surface area contributed by atoms with Crippen LogP contribution in [-0.4, -0.2) is 28.7 Å². The first-order chi connectivity index (χ1) is 14.3. The van der Waals surface area contributed by atoms with E-state index in [0.29, 0.717) is 22.6 Å². The predicted octanol–water partition coefficient (Wildman–Crippen LogP) is 3.75. The normalized spacial score (nSPS) is 17.0. The topological polar surface area (TPSA) is 86.5 Å². The van der Waals surface area contributed by atoms with E-state index in [1.165, 1.54) is 22.9 Å². The molecule has 1 N–H and O–H groups in total. The Bertz CT molecular complexity index is 1050. The van der Waals surface area contributed by atoms with Crippen LogP contribution in [0.1, 0.15) is 30.0 Å². The summed E-state index contributed by atoms with van der Waals surface area (Å²) in [5.74, 6) is 1.92. The molecule has 3 aromatic rings. The number of fused-ring (bicyclic) bond motifs is 2. The van der Waals surface area contributed by atoms with Crippen LogP contribution in [0.25, 0.3) is 11.5 Å². The summed E-state index contributed by atoms with van der Waals surface area (Å²) in [6.07, 6.45) is 3.11. The lowest BCUT2D eigenvalue weighted by Crippen LogP contribution is -2.32. The van der Waals surface area contributed by atoms with Crippen molar-refractivity contribution in [1.82, 2.24) is 15.5 Å². The lowest BCUT2D eigenvalue weighted by atomic mass is 9.88. The summed E-state index contributed by atoms with van der Waals surface area (Å²) in [6, 6.07) is 13.8. The lowest BCUT2D eigenvalue weighted by Gasteiger charge is -2.26. The van der Waals surface area contributed by atoms with Crippen molar-refractivity contribution in [3.63, 3.8) is 0 Å². The largest absolute Gasteiger partial charge is 0.454 e. The number of hydrogen-bond donors (Lipinski definition) is 1. The lowest BCUT2D eigenvalue weighted by molar-refractivity contribution is -0.119. The number of rotatable bonds is 5. The van der Waals surface area contributed by atoms with E-state index in [9.17, 15) is 4.79 Å². The molecule has 0 bridgehead atoms. The van der Waals surface area contributed by atoms with Crippen LogP contribution in [0.3, 0.4) is 0 Å². The molecule has 0 saturated heterocycles. The van der Waals surface area contributed by atoms with Crippen LogP contribution in [0.15, 0.2) is 52.1 Å².